The lowest BCUT2D eigenvalue weighted by atomic mass is 10.1. The second kappa shape index (κ2) is 11.6. The number of imidazole rings is 2. The van der Waals surface area contributed by atoms with Crippen LogP contribution >= 0.6 is 11.8 Å². The lowest BCUT2D eigenvalue weighted by molar-refractivity contribution is 0.412. The van der Waals surface area contributed by atoms with Gasteiger partial charge in [-0.15, -0.1) is 11.8 Å². The van der Waals surface area contributed by atoms with Gasteiger partial charge in [0, 0.05) is 67.0 Å². The summed E-state index contributed by atoms with van der Waals surface area (Å²) in [4.78, 5) is 24.4. The van der Waals surface area contributed by atoms with Gasteiger partial charge in [0.25, 0.3) is 0 Å². The number of aryl methyl sites for hydroxylation is 1. The Labute approximate surface area is 255 Å². The number of benzene rings is 2. The van der Waals surface area contributed by atoms with Crippen molar-refractivity contribution in [1.29, 1.82) is 0 Å². The molecule has 2 aliphatic heterocycles. The smallest absolute Gasteiger partial charge is 0.236 e. The maximum atomic E-state index is 5.40. The third-order valence-electron chi connectivity index (χ3n) is 8.05. The summed E-state index contributed by atoms with van der Waals surface area (Å²) in [5.41, 5.74) is 5.18. The van der Waals surface area contributed by atoms with Crippen molar-refractivity contribution in [2.75, 3.05) is 49.3 Å². The van der Waals surface area contributed by atoms with Gasteiger partial charge in [0.1, 0.15) is 17.4 Å². The maximum absolute atomic E-state index is 5.40. The highest BCUT2D eigenvalue weighted by Gasteiger charge is 2.18. The average molecular weight is 591 g/mol. The molecular formula is C33H34N8OS. The van der Waals surface area contributed by atoms with Crippen LogP contribution in [0.5, 0.6) is 5.75 Å². The first-order chi connectivity index (χ1) is 21.1. The topological polar surface area (TPSA) is 76.1 Å². The molecule has 0 aliphatic carbocycles. The zero-order valence-electron chi connectivity index (χ0n) is 24.6. The van der Waals surface area contributed by atoms with Gasteiger partial charge in [-0.2, -0.15) is 9.97 Å². The number of hydrogen-bond acceptors (Lipinski definition) is 8. The highest BCUT2D eigenvalue weighted by Crippen LogP contribution is 2.28. The Kier molecular flexibility index (Phi) is 7.36. The third-order valence-corrected chi connectivity index (χ3v) is 8.78. The molecular weight excluding hydrogens is 556 g/mol. The number of fused-ring (bicyclic) bond motifs is 2. The first kappa shape index (κ1) is 27.3. The summed E-state index contributed by atoms with van der Waals surface area (Å²) in [6.07, 6.45) is 12.7. The van der Waals surface area contributed by atoms with Crippen molar-refractivity contribution in [3.63, 3.8) is 0 Å². The van der Waals surface area contributed by atoms with E-state index in [-0.39, 0.29) is 0 Å². The molecule has 0 N–H and O–H groups in total. The van der Waals surface area contributed by atoms with Crippen LogP contribution in [-0.2, 0) is 0 Å². The Bertz CT molecular complexity index is 1910. The van der Waals surface area contributed by atoms with E-state index in [1.54, 1.807) is 18.9 Å². The van der Waals surface area contributed by atoms with Gasteiger partial charge < -0.3 is 14.5 Å². The van der Waals surface area contributed by atoms with Gasteiger partial charge in [0.05, 0.1) is 18.5 Å². The minimum absolute atomic E-state index is 0.735. The number of nitrogens with zero attached hydrogens (tertiary/aromatic N) is 8. The highest BCUT2D eigenvalue weighted by atomic mass is 32.2. The van der Waals surface area contributed by atoms with Gasteiger partial charge in [-0.25, -0.2) is 9.97 Å². The molecule has 0 spiro atoms. The van der Waals surface area contributed by atoms with E-state index in [1.807, 2.05) is 52.6 Å². The quantitative estimate of drug-likeness (QED) is 0.211. The Morgan fingerprint density at radius 3 is 1.79 bits per heavy atom. The van der Waals surface area contributed by atoms with E-state index in [0.717, 1.165) is 83.2 Å². The maximum Gasteiger partial charge on any atom is 0.236 e. The molecule has 9 nitrogen and oxygen atoms in total. The predicted molar refractivity (Wildman–Crippen MR) is 174 cm³/mol. The summed E-state index contributed by atoms with van der Waals surface area (Å²) in [5.74, 6) is 4.42. The molecule has 10 heteroatoms. The first-order valence-corrected chi connectivity index (χ1v) is 15.8. The number of ether oxygens (including phenoxy) is 1. The fraction of sp³-hybridized carbons (Fsp3) is 0.273. The number of methoxy groups -OCH3 is 1. The van der Waals surface area contributed by atoms with Crippen molar-refractivity contribution < 1.29 is 4.74 Å². The minimum atomic E-state index is 0.735. The first-order valence-electron chi connectivity index (χ1n) is 14.6. The van der Waals surface area contributed by atoms with Crippen LogP contribution in [0.4, 0.5) is 11.6 Å². The van der Waals surface area contributed by atoms with Crippen molar-refractivity contribution in [2.45, 2.75) is 24.7 Å². The van der Waals surface area contributed by atoms with Gasteiger partial charge in [-0.3, -0.25) is 8.80 Å². The van der Waals surface area contributed by atoms with E-state index >= 15 is 0 Å². The van der Waals surface area contributed by atoms with E-state index < -0.39 is 0 Å². The molecule has 0 atom stereocenters. The fourth-order valence-electron chi connectivity index (χ4n) is 5.21. The Morgan fingerprint density at radius 2 is 1.28 bits per heavy atom. The molecule has 0 amide bonds. The van der Waals surface area contributed by atoms with E-state index in [1.165, 1.54) is 17.7 Å². The molecule has 0 saturated carbocycles. The molecule has 43 heavy (non-hydrogen) atoms. The molecule has 2 aliphatic rings. The van der Waals surface area contributed by atoms with Gasteiger partial charge in [-0.05, 0) is 61.9 Å². The second-order valence-electron chi connectivity index (χ2n) is 10.8. The molecule has 2 fully saturated rings. The molecule has 2 aromatic carbocycles. The summed E-state index contributed by atoms with van der Waals surface area (Å²) in [7, 11) is 1.69. The molecule has 2 saturated heterocycles. The predicted octanol–water partition coefficient (Wildman–Crippen LogP) is 6.25. The van der Waals surface area contributed by atoms with Crippen molar-refractivity contribution in [2.24, 2.45) is 0 Å². The van der Waals surface area contributed by atoms with Crippen molar-refractivity contribution in [3.05, 3.63) is 84.9 Å². The molecule has 0 radical (unpaired) electrons. The number of hydrogen-bond donors (Lipinski definition) is 0. The molecule has 4 aromatic heterocycles. The molecule has 6 aromatic rings. The molecule has 8 rings (SSSR count). The molecule has 6 heterocycles. The monoisotopic (exact) mass is 590 g/mol. The van der Waals surface area contributed by atoms with E-state index in [0.29, 0.717) is 0 Å². The van der Waals surface area contributed by atoms with Crippen LogP contribution in [0, 0.1) is 6.92 Å². The lowest BCUT2D eigenvalue weighted by Crippen LogP contribution is -2.37. The Balaban J connectivity index is 0.000000140. The highest BCUT2D eigenvalue weighted by molar-refractivity contribution is 7.98. The van der Waals surface area contributed by atoms with Crippen LogP contribution in [-0.4, -0.2) is 68.3 Å². The molecule has 218 valence electrons. The number of aromatic nitrogens is 6. The van der Waals surface area contributed by atoms with Crippen LogP contribution in [0.15, 0.2) is 84.3 Å². The summed E-state index contributed by atoms with van der Waals surface area (Å²) in [6, 6.07) is 18.7. The summed E-state index contributed by atoms with van der Waals surface area (Å²) in [6.45, 7) is 6.42. The van der Waals surface area contributed by atoms with E-state index in [4.69, 9.17) is 4.74 Å². The van der Waals surface area contributed by atoms with Crippen LogP contribution in [0.1, 0.15) is 18.4 Å². The molecule has 0 bridgehead atoms. The zero-order valence-corrected chi connectivity index (χ0v) is 25.5. The van der Waals surface area contributed by atoms with Crippen molar-refractivity contribution >= 4 is 35.0 Å². The van der Waals surface area contributed by atoms with Crippen LogP contribution in [0.25, 0.3) is 34.1 Å². The number of rotatable bonds is 6. The van der Waals surface area contributed by atoms with Crippen LogP contribution in [0.3, 0.4) is 0 Å². The van der Waals surface area contributed by atoms with Gasteiger partial charge >= 0.3 is 0 Å². The SMILES string of the molecule is COc1cc(-c2cn3ccc(N4CCC4)nc3n2)ccc1C.CSc1cccc(-c2cn3ccc(N4CCC4)nc3n2)c1. The van der Waals surface area contributed by atoms with Gasteiger partial charge in [0.15, 0.2) is 0 Å². The van der Waals surface area contributed by atoms with Crippen molar-refractivity contribution in [3.8, 4) is 28.3 Å². The largest absolute Gasteiger partial charge is 0.496 e. The number of anilines is 2. The Morgan fingerprint density at radius 1 is 0.698 bits per heavy atom. The van der Waals surface area contributed by atoms with Crippen molar-refractivity contribution in [1.82, 2.24) is 28.7 Å². The fourth-order valence-corrected chi connectivity index (χ4v) is 5.67. The summed E-state index contributed by atoms with van der Waals surface area (Å²) in [5, 5.41) is 0. The summed E-state index contributed by atoms with van der Waals surface area (Å²) < 4.78 is 9.35. The number of thioether (sulfide) groups is 1. The normalized spacial score (nSPS) is 14.3. The third kappa shape index (κ3) is 5.50. The second-order valence-corrected chi connectivity index (χ2v) is 11.7. The minimum Gasteiger partial charge on any atom is -0.496 e. The average Bonchev–Trinajstić information content (AvgIpc) is 3.60. The van der Waals surface area contributed by atoms with Crippen LogP contribution < -0.4 is 14.5 Å². The van der Waals surface area contributed by atoms with Crippen LogP contribution in [0.2, 0.25) is 0 Å². The standard InChI is InChI=1S/C17H18N4O.C16H16N4S/c1-12-4-5-13(10-15(12)22-2)14-11-21-9-6-16(19-17(21)18-14)20-7-3-8-20;1-21-13-5-2-4-12(10-13)14-11-20-9-6-15(18-16(20)17-14)19-7-3-8-19/h4-6,9-11H,3,7-8H2,1-2H3;2,4-6,9-11H,3,7-8H2,1H3. The lowest BCUT2D eigenvalue weighted by Gasteiger charge is -2.31. The zero-order chi connectivity index (χ0) is 29.3. The Hall–Kier alpha value is -4.57. The van der Waals surface area contributed by atoms with Gasteiger partial charge in [-0.1, -0.05) is 24.3 Å². The summed E-state index contributed by atoms with van der Waals surface area (Å²) >= 11 is 1.74. The van der Waals surface area contributed by atoms with E-state index in [9.17, 15) is 0 Å². The van der Waals surface area contributed by atoms with E-state index in [2.05, 4.69) is 78.5 Å². The van der Waals surface area contributed by atoms with Gasteiger partial charge in [0.2, 0.25) is 11.6 Å². The molecule has 0 unspecified atom stereocenters.